The molecule has 0 unspecified atom stereocenters. The van der Waals surface area contributed by atoms with Gasteiger partial charge in [0.05, 0.1) is 17.7 Å². The Labute approximate surface area is 125 Å². The maximum Gasteiger partial charge on any atom is 0.241 e. The fourth-order valence-corrected chi connectivity index (χ4v) is 3.68. The Balaban J connectivity index is 2.31. The van der Waals surface area contributed by atoms with Crippen LogP contribution in [0.4, 0.5) is 0 Å². The summed E-state index contributed by atoms with van der Waals surface area (Å²) in [5.41, 5.74) is 1.87. The van der Waals surface area contributed by atoms with E-state index in [0.29, 0.717) is 15.6 Å². The molecule has 2 rings (SSSR count). The molecule has 0 atom stereocenters. The topological polar surface area (TPSA) is 95.1 Å². The summed E-state index contributed by atoms with van der Waals surface area (Å²) >= 11 is 3.30. The number of rotatable bonds is 5. The molecule has 0 saturated carbocycles. The Morgan fingerprint density at radius 2 is 2.15 bits per heavy atom. The third-order valence-corrected chi connectivity index (χ3v) is 5.20. The lowest BCUT2D eigenvalue weighted by Crippen LogP contribution is -2.24. The van der Waals surface area contributed by atoms with Gasteiger partial charge in [-0.15, -0.1) is 0 Å². The first-order valence-corrected chi connectivity index (χ1v) is 8.09. The first-order valence-electron chi connectivity index (χ1n) is 5.81. The number of benzene rings is 1. The standard InChI is InChI=1S/C12H14BrN3O3S/c1-8-11(13)2-9(7-17)3-12(8)20(18,19)16-6-10-4-14-15-5-10/h2-5,16-17H,6-7H2,1H3,(H,14,15). The highest BCUT2D eigenvalue weighted by Crippen LogP contribution is 2.26. The minimum Gasteiger partial charge on any atom is -0.392 e. The smallest absolute Gasteiger partial charge is 0.241 e. The fraction of sp³-hybridized carbons (Fsp3) is 0.250. The highest BCUT2D eigenvalue weighted by atomic mass is 79.9. The van der Waals surface area contributed by atoms with Crippen molar-refractivity contribution in [2.24, 2.45) is 0 Å². The van der Waals surface area contributed by atoms with Crippen LogP contribution in [-0.2, 0) is 23.2 Å². The van der Waals surface area contributed by atoms with Crippen molar-refractivity contribution >= 4 is 26.0 Å². The zero-order valence-corrected chi connectivity index (χ0v) is 13.1. The number of aliphatic hydroxyl groups excluding tert-OH is 1. The third-order valence-electron chi connectivity index (χ3n) is 2.85. The number of hydrogen-bond acceptors (Lipinski definition) is 4. The van der Waals surface area contributed by atoms with E-state index in [1.165, 1.54) is 6.07 Å². The number of halogens is 1. The Kier molecular flexibility index (Phi) is 4.59. The van der Waals surface area contributed by atoms with Crippen LogP contribution in [0.15, 0.2) is 33.9 Å². The van der Waals surface area contributed by atoms with Gasteiger partial charge in [-0.2, -0.15) is 5.10 Å². The van der Waals surface area contributed by atoms with Crippen LogP contribution in [-0.4, -0.2) is 23.7 Å². The van der Waals surface area contributed by atoms with Gasteiger partial charge in [-0.3, -0.25) is 5.10 Å². The summed E-state index contributed by atoms with van der Waals surface area (Å²) in [7, 11) is -3.65. The monoisotopic (exact) mass is 359 g/mol. The number of sulfonamides is 1. The molecule has 0 fully saturated rings. The van der Waals surface area contributed by atoms with Crippen molar-refractivity contribution in [2.45, 2.75) is 25.0 Å². The zero-order valence-electron chi connectivity index (χ0n) is 10.7. The van der Waals surface area contributed by atoms with Crippen LogP contribution in [0.1, 0.15) is 16.7 Å². The molecule has 6 nitrogen and oxygen atoms in total. The lowest BCUT2D eigenvalue weighted by Gasteiger charge is -2.11. The number of hydrogen-bond donors (Lipinski definition) is 3. The van der Waals surface area contributed by atoms with E-state index < -0.39 is 10.0 Å². The molecule has 1 heterocycles. The van der Waals surface area contributed by atoms with Gasteiger partial charge in [0.2, 0.25) is 10.0 Å². The van der Waals surface area contributed by atoms with Gasteiger partial charge in [0.1, 0.15) is 0 Å². The number of H-pyrrole nitrogens is 1. The Morgan fingerprint density at radius 3 is 2.75 bits per heavy atom. The Morgan fingerprint density at radius 1 is 1.40 bits per heavy atom. The predicted octanol–water partition coefficient (Wildman–Crippen LogP) is 1.45. The van der Waals surface area contributed by atoms with E-state index in [0.717, 1.165) is 5.56 Å². The fourth-order valence-electron chi connectivity index (χ4n) is 1.71. The minimum atomic E-state index is -3.65. The maximum atomic E-state index is 12.3. The van der Waals surface area contributed by atoms with Gasteiger partial charge in [-0.1, -0.05) is 15.9 Å². The van der Waals surface area contributed by atoms with Gasteiger partial charge in [-0.25, -0.2) is 13.1 Å². The first kappa shape index (κ1) is 15.2. The quantitative estimate of drug-likeness (QED) is 0.752. The molecule has 108 valence electrons. The number of aliphatic hydroxyl groups is 1. The van der Waals surface area contributed by atoms with Gasteiger partial charge in [0, 0.05) is 22.8 Å². The van der Waals surface area contributed by atoms with Crippen molar-refractivity contribution < 1.29 is 13.5 Å². The molecule has 1 aromatic carbocycles. The summed E-state index contributed by atoms with van der Waals surface area (Å²) in [4.78, 5) is 0.152. The van der Waals surface area contributed by atoms with Crippen LogP contribution in [0.5, 0.6) is 0 Å². The van der Waals surface area contributed by atoms with E-state index in [-0.39, 0.29) is 18.0 Å². The lowest BCUT2D eigenvalue weighted by molar-refractivity contribution is 0.281. The number of aromatic nitrogens is 2. The molecular formula is C12H14BrN3O3S. The molecule has 0 spiro atoms. The number of nitrogens with zero attached hydrogens (tertiary/aromatic N) is 1. The Bertz CT molecular complexity index is 699. The van der Waals surface area contributed by atoms with Gasteiger partial charge in [-0.05, 0) is 30.2 Å². The molecule has 0 bridgehead atoms. The van der Waals surface area contributed by atoms with Gasteiger partial charge >= 0.3 is 0 Å². The molecule has 0 aliphatic heterocycles. The van der Waals surface area contributed by atoms with E-state index in [9.17, 15) is 13.5 Å². The summed E-state index contributed by atoms with van der Waals surface area (Å²) < 4.78 is 27.8. The van der Waals surface area contributed by atoms with Gasteiger partial charge < -0.3 is 5.11 Å². The normalized spacial score (nSPS) is 11.8. The third kappa shape index (κ3) is 3.26. The second-order valence-electron chi connectivity index (χ2n) is 4.29. The van der Waals surface area contributed by atoms with E-state index >= 15 is 0 Å². The van der Waals surface area contributed by atoms with Crippen LogP contribution < -0.4 is 4.72 Å². The highest BCUT2D eigenvalue weighted by Gasteiger charge is 2.19. The van der Waals surface area contributed by atoms with Crippen LogP contribution >= 0.6 is 15.9 Å². The number of aromatic amines is 1. The van der Waals surface area contributed by atoms with E-state index in [4.69, 9.17) is 0 Å². The van der Waals surface area contributed by atoms with Crippen molar-refractivity contribution in [3.05, 3.63) is 45.7 Å². The van der Waals surface area contributed by atoms with Crippen molar-refractivity contribution in [3.8, 4) is 0 Å². The molecule has 3 N–H and O–H groups in total. The largest absolute Gasteiger partial charge is 0.392 e. The molecule has 1 aromatic heterocycles. The molecular weight excluding hydrogens is 346 g/mol. The average molecular weight is 360 g/mol. The molecule has 0 aliphatic rings. The molecule has 0 amide bonds. The summed E-state index contributed by atoms with van der Waals surface area (Å²) in [6, 6.07) is 3.17. The minimum absolute atomic E-state index is 0.152. The second-order valence-corrected chi connectivity index (χ2v) is 6.88. The molecule has 2 aromatic rings. The second kappa shape index (κ2) is 6.04. The summed E-state index contributed by atoms with van der Waals surface area (Å²) in [5.74, 6) is 0. The van der Waals surface area contributed by atoms with Gasteiger partial charge in [0.15, 0.2) is 0 Å². The molecule has 0 saturated heterocycles. The summed E-state index contributed by atoms with van der Waals surface area (Å²) in [5, 5.41) is 15.5. The SMILES string of the molecule is Cc1c(Br)cc(CO)cc1S(=O)(=O)NCc1cn[nH]c1. The van der Waals surface area contributed by atoms with Crippen molar-refractivity contribution in [3.63, 3.8) is 0 Å². The van der Waals surface area contributed by atoms with Crippen LogP contribution in [0.25, 0.3) is 0 Å². The zero-order chi connectivity index (χ0) is 14.8. The lowest BCUT2D eigenvalue weighted by atomic mass is 10.2. The average Bonchev–Trinajstić information content (AvgIpc) is 2.92. The molecule has 20 heavy (non-hydrogen) atoms. The predicted molar refractivity (Wildman–Crippen MR) is 77.4 cm³/mol. The molecule has 0 aliphatic carbocycles. The summed E-state index contributed by atoms with van der Waals surface area (Å²) in [6.45, 7) is 1.64. The van der Waals surface area contributed by atoms with Crippen LogP contribution in [0.2, 0.25) is 0 Å². The first-order chi connectivity index (χ1) is 9.44. The molecule has 0 radical (unpaired) electrons. The van der Waals surface area contributed by atoms with Crippen LogP contribution in [0.3, 0.4) is 0 Å². The Hall–Kier alpha value is -1.22. The maximum absolute atomic E-state index is 12.3. The van der Waals surface area contributed by atoms with Crippen molar-refractivity contribution in [1.29, 1.82) is 0 Å². The summed E-state index contributed by atoms with van der Waals surface area (Å²) in [6.07, 6.45) is 3.17. The van der Waals surface area contributed by atoms with Gasteiger partial charge in [0.25, 0.3) is 0 Å². The van der Waals surface area contributed by atoms with Crippen molar-refractivity contribution in [1.82, 2.24) is 14.9 Å². The number of nitrogens with one attached hydrogen (secondary N) is 2. The van der Waals surface area contributed by atoms with E-state index in [2.05, 4.69) is 30.8 Å². The van der Waals surface area contributed by atoms with E-state index in [1.54, 1.807) is 25.4 Å². The van der Waals surface area contributed by atoms with Crippen LogP contribution in [0, 0.1) is 6.92 Å². The highest BCUT2D eigenvalue weighted by molar-refractivity contribution is 9.10. The molecule has 8 heteroatoms. The van der Waals surface area contributed by atoms with E-state index in [1.807, 2.05) is 0 Å². The van der Waals surface area contributed by atoms with Crippen molar-refractivity contribution in [2.75, 3.05) is 0 Å².